The predicted octanol–water partition coefficient (Wildman–Crippen LogP) is 5.41. The zero-order valence-electron chi connectivity index (χ0n) is 26.4. The Kier molecular flexibility index (Phi) is 15.9. The van der Waals surface area contributed by atoms with E-state index in [0.717, 1.165) is 12.0 Å². The van der Waals surface area contributed by atoms with Gasteiger partial charge in [-0.1, -0.05) is 38.1 Å². The van der Waals surface area contributed by atoms with E-state index in [0.29, 0.717) is 30.1 Å². The Morgan fingerprint density at radius 3 is 2.24 bits per heavy atom. The molecule has 0 saturated heterocycles. The number of carbonyl (C=O) groups is 4. The number of alkyl carbamates (subject to hydrolysis) is 1. The van der Waals surface area contributed by atoms with Gasteiger partial charge in [-0.3, -0.25) is 14.4 Å². The lowest BCUT2D eigenvalue weighted by Crippen LogP contribution is -2.56. The van der Waals surface area contributed by atoms with E-state index < -0.39 is 35.7 Å². The fourth-order valence-corrected chi connectivity index (χ4v) is 4.84. The fraction of sp³-hybridized carbons (Fsp3) is 0.677. The highest BCUT2D eigenvalue weighted by atomic mass is 32.2. The smallest absolute Gasteiger partial charge is 0.408 e. The van der Waals surface area contributed by atoms with Gasteiger partial charge in [0.15, 0.2) is 0 Å². The average Bonchev–Trinajstić information content (AvgIpc) is 2.87. The number of rotatable bonds is 16. The number of thioether (sulfide) groups is 1. The minimum atomic E-state index is -0.967. The van der Waals surface area contributed by atoms with Gasteiger partial charge >= 0.3 is 12.1 Å². The van der Waals surface area contributed by atoms with Gasteiger partial charge in [0.05, 0.1) is 13.0 Å². The highest BCUT2D eigenvalue weighted by molar-refractivity contribution is 7.98. The molecule has 10 heteroatoms. The summed E-state index contributed by atoms with van der Waals surface area (Å²) in [4.78, 5) is 54.7. The van der Waals surface area contributed by atoms with Crippen molar-refractivity contribution >= 4 is 35.6 Å². The second-order valence-corrected chi connectivity index (χ2v) is 12.6. The molecule has 3 amide bonds. The van der Waals surface area contributed by atoms with Crippen LogP contribution in [0.3, 0.4) is 0 Å². The second-order valence-electron chi connectivity index (χ2n) is 11.7. The Labute approximate surface area is 250 Å². The van der Waals surface area contributed by atoms with E-state index in [1.165, 1.54) is 0 Å². The van der Waals surface area contributed by atoms with E-state index in [-0.39, 0.29) is 31.5 Å². The topological polar surface area (TPSA) is 114 Å². The number of carbonyl (C=O) groups excluding carboxylic acids is 4. The molecule has 0 saturated carbocycles. The number of ether oxygens (including phenoxy) is 2. The van der Waals surface area contributed by atoms with Crippen LogP contribution in [0, 0.1) is 12.8 Å². The van der Waals surface area contributed by atoms with Gasteiger partial charge in [-0.2, -0.15) is 11.8 Å². The molecule has 1 aromatic rings. The molecular formula is C31H51N3O6S. The van der Waals surface area contributed by atoms with Gasteiger partial charge in [-0.05, 0) is 89.9 Å². The predicted molar refractivity (Wildman–Crippen MR) is 165 cm³/mol. The largest absolute Gasteiger partial charge is 0.466 e. The third-order valence-corrected chi connectivity index (χ3v) is 7.08. The highest BCUT2D eigenvalue weighted by Gasteiger charge is 2.39. The summed E-state index contributed by atoms with van der Waals surface area (Å²) in [6.07, 6.45) is 3.17. The molecule has 1 aromatic carbocycles. The SMILES string of the molecule is CCOC(=O)CCNC(=O)C(c1ccccc1C)N(C(=O)C(CCSC)NC(=O)OC(C)(C)C)C(C)CCC(C)C. The van der Waals surface area contributed by atoms with Gasteiger partial charge in [0.1, 0.15) is 17.7 Å². The van der Waals surface area contributed by atoms with Crippen LogP contribution in [0.1, 0.15) is 91.3 Å². The second kappa shape index (κ2) is 17.9. The molecule has 0 aliphatic heterocycles. The number of hydrogen-bond donors (Lipinski definition) is 2. The zero-order valence-corrected chi connectivity index (χ0v) is 27.2. The molecule has 1 rings (SSSR count). The zero-order chi connectivity index (χ0) is 31.2. The number of amides is 3. The summed E-state index contributed by atoms with van der Waals surface area (Å²) in [5, 5.41) is 5.64. The Bertz CT molecular complexity index is 994. The summed E-state index contributed by atoms with van der Waals surface area (Å²) in [7, 11) is 0. The van der Waals surface area contributed by atoms with Crippen LogP contribution in [0.2, 0.25) is 0 Å². The van der Waals surface area contributed by atoms with E-state index in [2.05, 4.69) is 24.5 Å². The lowest BCUT2D eigenvalue weighted by molar-refractivity contribution is -0.146. The first kappa shape index (κ1) is 36.3. The summed E-state index contributed by atoms with van der Waals surface area (Å²) in [6.45, 7) is 15.4. The summed E-state index contributed by atoms with van der Waals surface area (Å²) >= 11 is 1.57. The number of aryl methyl sites for hydroxylation is 1. The van der Waals surface area contributed by atoms with Crippen LogP contribution in [0.4, 0.5) is 4.79 Å². The number of hydrogen-bond acceptors (Lipinski definition) is 7. The standard InChI is InChI=1S/C31H51N3O6S/c1-10-39-26(35)17-19-32-28(36)27(24-14-12-11-13-22(24)4)34(23(5)16-15-21(2)3)29(37)25(18-20-41-9)33-30(38)40-31(6,7)8/h11-14,21,23,25,27H,10,15-20H2,1-9H3,(H,32,36)(H,33,38). The maximum Gasteiger partial charge on any atom is 0.408 e. The van der Waals surface area contributed by atoms with Crippen LogP contribution in [-0.4, -0.2) is 71.6 Å². The normalized spacial score (nSPS) is 13.6. The van der Waals surface area contributed by atoms with Crippen LogP contribution in [0.15, 0.2) is 24.3 Å². The third-order valence-electron chi connectivity index (χ3n) is 6.43. The number of esters is 1. The number of nitrogens with zero attached hydrogens (tertiary/aromatic N) is 1. The number of benzene rings is 1. The lowest BCUT2D eigenvalue weighted by atomic mass is 9.94. The molecule has 0 aliphatic carbocycles. The molecule has 41 heavy (non-hydrogen) atoms. The lowest BCUT2D eigenvalue weighted by Gasteiger charge is -2.39. The van der Waals surface area contributed by atoms with Crippen molar-refractivity contribution in [1.29, 1.82) is 0 Å². The first-order valence-electron chi connectivity index (χ1n) is 14.5. The van der Waals surface area contributed by atoms with Crippen LogP contribution in [0.5, 0.6) is 0 Å². The molecule has 232 valence electrons. The molecule has 0 spiro atoms. The van der Waals surface area contributed by atoms with Crippen molar-refractivity contribution in [2.24, 2.45) is 5.92 Å². The number of nitrogens with one attached hydrogen (secondary N) is 2. The molecule has 0 aromatic heterocycles. The molecule has 3 atom stereocenters. The van der Waals surface area contributed by atoms with Crippen LogP contribution < -0.4 is 10.6 Å². The van der Waals surface area contributed by atoms with Crippen LogP contribution in [-0.2, 0) is 23.9 Å². The van der Waals surface area contributed by atoms with E-state index in [4.69, 9.17) is 9.47 Å². The summed E-state index contributed by atoms with van der Waals surface area (Å²) in [6, 6.07) is 5.30. The van der Waals surface area contributed by atoms with Gasteiger partial charge in [0.2, 0.25) is 11.8 Å². The van der Waals surface area contributed by atoms with E-state index in [1.54, 1.807) is 44.4 Å². The van der Waals surface area contributed by atoms with Crippen molar-refractivity contribution in [3.63, 3.8) is 0 Å². The van der Waals surface area contributed by atoms with Gasteiger partial charge < -0.3 is 25.0 Å². The Morgan fingerprint density at radius 2 is 1.68 bits per heavy atom. The highest BCUT2D eigenvalue weighted by Crippen LogP contribution is 2.30. The molecule has 2 N–H and O–H groups in total. The summed E-state index contributed by atoms with van der Waals surface area (Å²) < 4.78 is 10.5. The van der Waals surface area contributed by atoms with Gasteiger partial charge in [-0.25, -0.2) is 4.79 Å². The van der Waals surface area contributed by atoms with E-state index in [1.807, 2.05) is 44.4 Å². The van der Waals surface area contributed by atoms with Crippen molar-refractivity contribution in [3.05, 3.63) is 35.4 Å². The van der Waals surface area contributed by atoms with E-state index >= 15 is 0 Å². The quantitative estimate of drug-likeness (QED) is 0.247. The summed E-state index contributed by atoms with van der Waals surface area (Å²) in [5.74, 6) is -0.125. The van der Waals surface area contributed by atoms with E-state index in [9.17, 15) is 19.2 Å². The van der Waals surface area contributed by atoms with Crippen molar-refractivity contribution in [1.82, 2.24) is 15.5 Å². The fourth-order valence-electron chi connectivity index (χ4n) is 4.36. The third kappa shape index (κ3) is 13.2. The average molecular weight is 594 g/mol. The van der Waals surface area contributed by atoms with Crippen molar-refractivity contribution in [2.75, 3.05) is 25.2 Å². The van der Waals surface area contributed by atoms with Crippen molar-refractivity contribution < 1.29 is 28.7 Å². The molecular weight excluding hydrogens is 542 g/mol. The first-order valence-corrected chi connectivity index (χ1v) is 15.9. The van der Waals surface area contributed by atoms with Crippen LogP contribution in [0.25, 0.3) is 0 Å². The maximum absolute atomic E-state index is 14.4. The minimum Gasteiger partial charge on any atom is -0.466 e. The Morgan fingerprint density at radius 1 is 1.02 bits per heavy atom. The van der Waals surface area contributed by atoms with Crippen LogP contribution >= 0.6 is 11.8 Å². The molecule has 0 radical (unpaired) electrons. The Balaban J connectivity index is 3.56. The van der Waals surface area contributed by atoms with Gasteiger partial charge in [0, 0.05) is 12.6 Å². The van der Waals surface area contributed by atoms with Crippen molar-refractivity contribution in [2.45, 2.75) is 105 Å². The molecule has 0 fully saturated rings. The molecule has 0 aliphatic rings. The molecule has 0 bridgehead atoms. The van der Waals surface area contributed by atoms with Crippen molar-refractivity contribution in [3.8, 4) is 0 Å². The maximum atomic E-state index is 14.4. The monoisotopic (exact) mass is 593 g/mol. The molecule has 3 unspecified atom stereocenters. The first-order chi connectivity index (χ1) is 19.2. The van der Waals surface area contributed by atoms with Gasteiger partial charge in [0.25, 0.3) is 0 Å². The summed E-state index contributed by atoms with van der Waals surface area (Å²) in [5.41, 5.74) is 0.809. The Hall–Kier alpha value is -2.75. The molecule has 9 nitrogen and oxygen atoms in total. The van der Waals surface area contributed by atoms with Gasteiger partial charge in [-0.15, -0.1) is 0 Å². The minimum absolute atomic E-state index is 0.0213. The molecule has 0 heterocycles.